The Bertz CT molecular complexity index is 589. The molecule has 3 N–H and O–H groups in total. The molecule has 2 aromatic rings. The largest absolute Gasteiger partial charge is 0.394 e. The van der Waals surface area contributed by atoms with Crippen molar-refractivity contribution in [1.82, 2.24) is 9.78 Å². The van der Waals surface area contributed by atoms with Crippen LogP contribution in [0.5, 0.6) is 0 Å². The fourth-order valence-electron chi connectivity index (χ4n) is 2.01. The summed E-state index contributed by atoms with van der Waals surface area (Å²) >= 11 is 0. The van der Waals surface area contributed by atoms with Crippen molar-refractivity contribution in [2.45, 2.75) is 26.7 Å². The third-order valence-corrected chi connectivity index (χ3v) is 3.02. The molecule has 0 aliphatic carbocycles. The smallest absolute Gasteiger partial charge is 0.152 e. The molecule has 2 rings (SSSR count). The molecule has 0 radical (unpaired) electrons. The van der Waals surface area contributed by atoms with Gasteiger partial charge in [-0.15, -0.1) is 0 Å². The normalized spacial score (nSPS) is 10.7. The summed E-state index contributed by atoms with van der Waals surface area (Å²) in [6.45, 7) is 3.92. The lowest BCUT2D eigenvalue weighted by atomic mass is 10.2. The Morgan fingerprint density at radius 1 is 1.42 bits per heavy atom. The lowest BCUT2D eigenvalue weighted by Gasteiger charge is -2.09. The molecule has 0 aliphatic heterocycles. The van der Waals surface area contributed by atoms with E-state index < -0.39 is 0 Å². The van der Waals surface area contributed by atoms with E-state index in [4.69, 9.17) is 5.73 Å². The quantitative estimate of drug-likeness (QED) is 0.890. The van der Waals surface area contributed by atoms with Crippen LogP contribution < -0.4 is 11.1 Å². The minimum atomic E-state index is -0.294. The average Bonchev–Trinajstić information content (AvgIpc) is 2.60. The SMILES string of the molecule is CCCc1nn(C)c(Nc2ccc(C)cc2F)c1N. The number of aromatic nitrogens is 2. The van der Waals surface area contributed by atoms with Crippen molar-refractivity contribution in [2.75, 3.05) is 11.1 Å². The molecule has 0 saturated heterocycles. The number of nitrogens with zero attached hydrogens (tertiary/aromatic N) is 2. The highest BCUT2D eigenvalue weighted by Crippen LogP contribution is 2.28. The Hall–Kier alpha value is -2.04. The highest BCUT2D eigenvalue weighted by molar-refractivity contribution is 5.71. The molecule has 0 spiro atoms. The van der Waals surface area contributed by atoms with Gasteiger partial charge in [0.25, 0.3) is 0 Å². The topological polar surface area (TPSA) is 55.9 Å². The zero-order valence-corrected chi connectivity index (χ0v) is 11.5. The molecular formula is C14H19FN4. The van der Waals surface area contributed by atoms with Crippen LogP contribution >= 0.6 is 0 Å². The molecule has 19 heavy (non-hydrogen) atoms. The first-order valence-corrected chi connectivity index (χ1v) is 6.37. The van der Waals surface area contributed by atoms with E-state index in [1.165, 1.54) is 6.07 Å². The van der Waals surface area contributed by atoms with E-state index in [1.807, 2.05) is 13.0 Å². The van der Waals surface area contributed by atoms with E-state index in [0.29, 0.717) is 17.2 Å². The maximum Gasteiger partial charge on any atom is 0.152 e. The molecule has 0 unspecified atom stereocenters. The lowest BCUT2D eigenvalue weighted by molar-refractivity contribution is 0.630. The number of hydrogen-bond acceptors (Lipinski definition) is 3. The number of nitrogens with one attached hydrogen (secondary N) is 1. The number of hydrogen-bond donors (Lipinski definition) is 2. The number of halogens is 1. The third-order valence-electron chi connectivity index (χ3n) is 3.02. The Labute approximate surface area is 112 Å². The Morgan fingerprint density at radius 2 is 2.16 bits per heavy atom. The van der Waals surface area contributed by atoms with Crippen molar-refractivity contribution < 1.29 is 4.39 Å². The van der Waals surface area contributed by atoms with Crippen molar-refractivity contribution in [1.29, 1.82) is 0 Å². The summed E-state index contributed by atoms with van der Waals surface area (Å²) in [5.74, 6) is 0.337. The molecule has 5 heteroatoms. The van der Waals surface area contributed by atoms with Crippen LogP contribution in [0.4, 0.5) is 21.6 Å². The van der Waals surface area contributed by atoms with Gasteiger partial charge >= 0.3 is 0 Å². The molecule has 1 aromatic heterocycles. The molecular weight excluding hydrogens is 243 g/mol. The zero-order valence-electron chi connectivity index (χ0n) is 11.5. The number of nitrogens with two attached hydrogens (primary N) is 1. The van der Waals surface area contributed by atoms with Gasteiger partial charge in [0.2, 0.25) is 0 Å². The van der Waals surface area contributed by atoms with E-state index in [9.17, 15) is 4.39 Å². The second-order valence-electron chi connectivity index (χ2n) is 4.69. The maximum atomic E-state index is 13.8. The van der Waals surface area contributed by atoms with Gasteiger partial charge in [-0.25, -0.2) is 4.39 Å². The number of benzene rings is 1. The van der Waals surface area contributed by atoms with E-state index in [-0.39, 0.29) is 5.82 Å². The molecule has 0 saturated carbocycles. The minimum absolute atomic E-state index is 0.294. The molecule has 102 valence electrons. The summed E-state index contributed by atoms with van der Waals surface area (Å²) in [5.41, 5.74) is 8.77. The monoisotopic (exact) mass is 262 g/mol. The second-order valence-corrected chi connectivity index (χ2v) is 4.69. The first kappa shape index (κ1) is 13.4. The number of aryl methyl sites for hydroxylation is 3. The average molecular weight is 262 g/mol. The molecule has 1 aromatic carbocycles. The van der Waals surface area contributed by atoms with Crippen molar-refractivity contribution in [3.63, 3.8) is 0 Å². The van der Waals surface area contributed by atoms with E-state index in [0.717, 1.165) is 24.1 Å². The predicted molar refractivity (Wildman–Crippen MR) is 76.0 cm³/mol. The molecule has 0 amide bonds. The molecule has 0 aliphatic rings. The van der Waals surface area contributed by atoms with Gasteiger partial charge in [-0.05, 0) is 31.0 Å². The van der Waals surface area contributed by atoms with Crippen LogP contribution in [0.3, 0.4) is 0 Å². The number of nitrogen functional groups attached to an aromatic ring is 1. The standard InChI is InChI=1S/C14H19FN4/c1-4-5-12-13(16)14(19(3)18-12)17-11-7-6-9(2)8-10(11)15/h6-8,17H,4-5,16H2,1-3H3. The van der Waals surface area contributed by atoms with Crippen molar-refractivity contribution in [2.24, 2.45) is 7.05 Å². The van der Waals surface area contributed by atoms with Gasteiger partial charge in [0.05, 0.1) is 17.1 Å². The van der Waals surface area contributed by atoms with Crippen LogP contribution in [-0.2, 0) is 13.5 Å². The van der Waals surface area contributed by atoms with Gasteiger partial charge in [0.15, 0.2) is 5.82 Å². The summed E-state index contributed by atoms with van der Waals surface area (Å²) in [5, 5.41) is 7.37. The third kappa shape index (κ3) is 2.70. The Kier molecular flexibility index (Phi) is 3.74. The first-order valence-electron chi connectivity index (χ1n) is 6.37. The van der Waals surface area contributed by atoms with Gasteiger partial charge in [0, 0.05) is 7.05 Å². The van der Waals surface area contributed by atoms with Crippen LogP contribution in [0.15, 0.2) is 18.2 Å². The van der Waals surface area contributed by atoms with E-state index >= 15 is 0 Å². The van der Waals surface area contributed by atoms with Crippen LogP contribution in [0.25, 0.3) is 0 Å². The highest BCUT2D eigenvalue weighted by Gasteiger charge is 2.14. The van der Waals surface area contributed by atoms with Gasteiger partial charge in [0.1, 0.15) is 5.82 Å². The van der Waals surface area contributed by atoms with Gasteiger partial charge in [-0.1, -0.05) is 19.4 Å². The van der Waals surface area contributed by atoms with Crippen molar-refractivity contribution in [3.8, 4) is 0 Å². The minimum Gasteiger partial charge on any atom is -0.394 e. The maximum absolute atomic E-state index is 13.8. The summed E-state index contributed by atoms with van der Waals surface area (Å²) < 4.78 is 15.5. The first-order chi connectivity index (χ1) is 9.02. The van der Waals surface area contributed by atoms with Crippen LogP contribution in [-0.4, -0.2) is 9.78 Å². The fourth-order valence-corrected chi connectivity index (χ4v) is 2.01. The van der Waals surface area contributed by atoms with Crippen molar-refractivity contribution >= 4 is 17.2 Å². The Balaban J connectivity index is 2.33. The molecule has 0 bridgehead atoms. The molecule has 1 heterocycles. The van der Waals surface area contributed by atoms with Crippen molar-refractivity contribution in [3.05, 3.63) is 35.3 Å². The predicted octanol–water partition coefficient (Wildman–Crippen LogP) is 3.15. The number of rotatable bonds is 4. The van der Waals surface area contributed by atoms with Gasteiger partial charge in [-0.2, -0.15) is 5.10 Å². The van der Waals surface area contributed by atoms with Gasteiger partial charge < -0.3 is 11.1 Å². The number of anilines is 3. The fraction of sp³-hybridized carbons (Fsp3) is 0.357. The summed E-state index contributed by atoms with van der Waals surface area (Å²) in [6.07, 6.45) is 1.79. The molecule has 4 nitrogen and oxygen atoms in total. The zero-order chi connectivity index (χ0) is 14.0. The summed E-state index contributed by atoms with van der Waals surface area (Å²) in [6, 6.07) is 5.05. The molecule has 0 atom stereocenters. The van der Waals surface area contributed by atoms with Crippen LogP contribution in [0.2, 0.25) is 0 Å². The molecule has 0 fully saturated rings. The van der Waals surface area contributed by atoms with E-state index in [1.54, 1.807) is 17.8 Å². The second kappa shape index (κ2) is 5.30. The highest BCUT2D eigenvalue weighted by atomic mass is 19.1. The van der Waals surface area contributed by atoms with Gasteiger partial charge in [-0.3, -0.25) is 4.68 Å². The van der Waals surface area contributed by atoms with Crippen LogP contribution in [0, 0.1) is 12.7 Å². The Morgan fingerprint density at radius 3 is 2.79 bits per heavy atom. The summed E-state index contributed by atoms with van der Waals surface area (Å²) in [7, 11) is 1.80. The van der Waals surface area contributed by atoms with Crippen LogP contribution in [0.1, 0.15) is 24.6 Å². The lowest BCUT2D eigenvalue weighted by Crippen LogP contribution is -2.02. The van der Waals surface area contributed by atoms with E-state index in [2.05, 4.69) is 17.3 Å². The summed E-state index contributed by atoms with van der Waals surface area (Å²) in [4.78, 5) is 0.